The number of ketones is 1. The van der Waals surface area contributed by atoms with Crippen LogP contribution in [0.4, 0.5) is 15.8 Å². The van der Waals surface area contributed by atoms with Gasteiger partial charge in [-0.3, -0.25) is 14.3 Å². The second-order valence-corrected chi connectivity index (χ2v) is 8.34. The number of aryl methyl sites for hydroxylation is 1. The number of nitrogens with one attached hydrogen (secondary N) is 2. The molecule has 3 aromatic carbocycles. The molecule has 3 rings (SSSR count). The van der Waals surface area contributed by atoms with Gasteiger partial charge in [-0.05, 0) is 61.9 Å². The molecule has 6 nitrogen and oxygen atoms in total. The molecule has 3 aromatic rings. The number of halogens is 1. The van der Waals surface area contributed by atoms with Gasteiger partial charge in [-0.2, -0.15) is 0 Å². The Hall–Kier alpha value is -3.52. The van der Waals surface area contributed by atoms with E-state index in [1.165, 1.54) is 38.1 Å². The van der Waals surface area contributed by atoms with Crippen molar-refractivity contribution < 1.29 is 22.4 Å². The third-order valence-corrected chi connectivity index (χ3v) is 5.75. The number of hydrogen-bond donors (Lipinski definition) is 2. The smallest absolute Gasteiger partial charge is 0.261 e. The van der Waals surface area contributed by atoms with Gasteiger partial charge in [-0.15, -0.1) is 0 Å². The third kappa shape index (κ3) is 4.72. The van der Waals surface area contributed by atoms with Crippen molar-refractivity contribution >= 4 is 33.1 Å². The van der Waals surface area contributed by atoms with Crippen molar-refractivity contribution in [2.45, 2.75) is 18.7 Å². The zero-order chi connectivity index (χ0) is 21.9. The van der Waals surface area contributed by atoms with Crippen LogP contribution in [0.25, 0.3) is 0 Å². The van der Waals surface area contributed by atoms with E-state index < -0.39 is 21.7 Å². The number of hydrogen-bond acceptors (Lipinski definition) is 4. The van der Waals surface area contributed by atoms with Gasteiger partial charge >= 0.3 is 0 Å². The maximum atomic E-state index is 13.5. The van der Waals surface area contributed by atoms with Crippen LogP contribution in [0.2, 0.25) is 0 Å². The van der Waals surface area contributed by atoms with Gasteiger partial charge in [0.25, 0.3) is 15.9 Å². The Bertz CT molecular complexity index is 1240. The number of carbonyl (C=O) groups excluding carboxylic acids is 2. The van der Waals surface area contributed by atoms with Crippen molar-refractivity contribution in [3.05, 3.63) is 89.2 Å². The lowest BCUT2D eigenvalue weighted by atomic mass is 10.1. The summed E-state index contributed by atoms with van der Waals surface area (Å²) < 4.78 is 41.3. The summed E-state index contributed by atoms with van der Waals surface area (Å²) in [7, 11) is -4.04. The van der Waals surface area contributed by atoms with Crippen LogP contribution in [-0.4, -0.2) is 20.1 Å². The molecule has 8 heteroatoms. The van der Waals surface area contributed by atoms with E-state index in [9.17, 15) is 22.4 Å². The lowest BCUT2D eigenvalue weighted by Gasteiger charge is -2.13. The van der Waals surface area contributed by atoms with Crippen LogP contribution in [0.15, 0.2) is 71.6 Å². The van der Waals surface area contributed by atoms with Crippen molar-refractivity contribution in [3.63, 3.8) is 0 Å². The Morgan fingerprint density at radius 1 is 0.933 bits per heavy atom. The van der Waals surface area contributed by atoms with Crippen molar-refractivity contribution in [2.75, 3.05) is 10.0 Å². The molecule has 0 aliphatic heterocycles. The Balaban J connectivity index is 1.88. The highest BCUT2D eigenvalue weighted by Crippen LogP contribution is 2.23. The average molecular weight is 426 g/mol. The Labute approximate surface area is 173 Å². The number of benzene rings is 3. The summed E-state index contributed by atoms with van der Waals surface area (Å²) in [4.78, 5) is 24.2. The Morgan fingerprint density at radius 3 is 2.37 bits per heavy atom. The molecule has 0 saturated heterocycles. The second-order valence-electron chi connectivity index (χ2n) is 6.65. The first-order chi connectivity index (χ1) is 14.2. The molecule has 0 unspecified atom stereocenters. The van der Waals surface area contributed by atoms with Gasteiger partial charge in [0.05, 0.1) is 16.1 Å². The number of amides is 1. The van der Waals surface area contributed by atoms with Crippen LogP contribution in [0.5, 0.6) is 0 Å². The fraction of sp³-hybridized carbons (Fsp3) is 0.0909. The average Bonchev–Trinajstić information content (AvgIpc) is 2.70. The van der Waals surface area contributed by atoms with Crippen LogP contribution >= 0.6 is 0 Å². The summed E-state index contributed by atoms with van der Waals surface area (Å²) in [5.41, 5.74) is 1.19. The monoisotopic (exact) mass is 426 g/mol. The summed E-state index contributed by atoms with van der Waals surface area (Å²) in [6.07, 6.45) is 0. The SMILES string of the molecule is CC(=O)c1cccc(NC(=O)c2ccccc2NS(=O)(=O)c2ccc(F)c(C)c2)c1. The van der Waals surface area contributed by atoms with E-state index in [2.05, 4.69) is 10.0 Å². The molecule has 2 N–H and O–H groups in total. The Morgan fingerprint density at radius 2 is 1.67 bits per heavy atom. The van der Waals surface area contributed by atoms with E-state index in [1.807, 2.05) is 0 Å². The zero-order valence-electron chi connectivity index (χ0n) is 16.3. The van der Waals surface area contributed by atoms with E-state index in [-0.39, 0.29) is 27.5 Å². The predicted molar refractivity (Wildman–Crippen MR) is 113 cm³/mol. The molecule has 0 aromatic heterocycles. The van der Waals surface area contributed by atoms with Gasteiger partial charge in [0.1, 0.15) is 5.82 Å². The fourth-order valence-electron chi connectivity index (χ4n) is 2.77. The summed E-state index contributed by atoms with van der Waals surface area (Å²) in [6, 6.07) is 16.0. The third-order valence-electron chi connectivity index (χ3n) is 4.38. The first-order valence-corrected chi connectivity index (χ1v) is 10.5. The van der Waals surface area contributed by atoms with Gasteiger partial charge in [-0.25, -0.2) is 12.8 Å². The van der Waals surface area contributed by atoms with Gasteiger partial charge in [0.15, 0.2) is 5.78 Å². The van der Waals surface area contributed by atoms with Gasteiger partial charge in [-0.1, -0.05) is 24.3 Å². The molecule has 0 saturated carbocycles. The Kier molecular flexibility index (Phi) is 5.98. The van der Waals surface area contributed by atoms with Gasteiger partial charge in [0.2, 0.25) is 0 Å². The summed E-state index contributed by atoms with van der Waals surface area (Å²) >= 11 is 0. The number of rotatable bonds is 6. The molecule has 154 valence electrons. The molecule has 0 fully saturated rings. The van der Waals surface area contributed by atoms with Crippen molar-refractivity contribution in [3.8, 4) is 0 Å². The molecule has 30 heavy (non-hydrogen) atoms. The molecule has 0 spiro atoms. The second kappa shape index (κ2) is 8.46. The van der Waals surface area contributed by atoms with E-state index in [0.29, 0.717) is 11.3 Å². The first kappa shape index (κ1) is 21.2. The molecule has 0 radical (unpaired) electrons. The first-order valence-electron chi connectivity index (χ1n) is 8.98. The van der Waals surface area contributed by atoms with Crippen LogP contribution in [0.1, 0.15) is 33.2 Å². The van der Waals surface area contributed by atoms with Crippen LogP contribution in [-0.2, 0) is 10.0 Å². The maximum Gasteiger partial charge on any atom is 0.261 e. The lowest BCUT2D eigenvalue weighted by Crippen LogP contribution is -2.19. The van der Waals surface area contributed by atoms with Crippen LogP contribution in [0, 0.1) is 12.7 Å². The van der Waals surface area contributed by atoms with E-state index in [0.717, 1.165) is 12.1 Å². The molecule has 0 aliphatic rings. The van der Waals surface area contributed by atoms with Crippen molar-refractivity contribution in [2.24, 2.45) is 0 Å². The largest absolute Gasteiger partial charge is 0.322 e. The minimum absolute atomic E-state index is 0.0692. The number of Topliss-reactive ketones (excluding diaryl/α,β-unsaturated/α-hetero) is 1. The normalized spacial score (nSPS) is 11.0. The molecular formula is C22H19FN2O4S. The number of para-hydroxylation sites is 1. The lowest BCUT2D eigenvalue weighted by molar-refractivity contribution is 0.101. The fourth-order valence-corrected chi connectivity index (χ4v) is 3.94. The minimum Gasteiger partial charge on any atom is -0.322 e. The molecule has 0 bridgehead atoms. The van der Waals surface area contributed by atoms with E-state index in [1.54, 1.807) is 30.3 Å². The zero-order valence-corrected chi connectivity index (χ0v) is 17.1. The highest BCUT2D eigenvalue weighted by Gasteiger charge is 2.19. The van der Waals surface area contributed by atoms with Crippen molar-refractivity contribution in [1.29, 1.82) is 0 Å². The molecule has 1 amide bonds. The summed E-state index contributed by atoms with van der Waals surface area (Å²) in [5.74, 6) is -1.21. The van der Waals surface area contributed by atoms with Crippen molar-refractivity contribution in [1.82, 2.24) is 0 Å². The standard InChI is InChI=1S/C22H19FN2O4S/c1-14-12-18(10-11-20(14)23)30(28,29)25-21-9-4-3-8-19(21)22(27)24-17-7-5-6-16(13-17)15(2)26/h3-13,25H,1-2H3,(H,24,27). The van der Waals surface area contributed by atoms with E-state index >= 15 is 0 Å². The predicted octanol–water partition coefficient (Wildman–Crippen LogP) is 4.39. The maximum absolute atomic E-state index is 13.5. The number of sulfonamides is 1. The molecular weight excluding hydrogens is 407 g/mol. The number of anilines is 2. The molecule has 0 heterocycles. The van der Waals surface area contributed by atoms with E-state index in [4.69, 9.17) is 0 Å². The highest BCUT2D eigenvalue weighted by atomic mass is 32.2. The topological polar surface area (TPSA) is 92.3 Å². The van der Waals surface area contributed by atoms with Crippen LogP contribution in [0.3, 0.4) is 0 Å². The summed E-state index contributed by atoms with van der Waals surface area (Å²) in [5, 5.41) is 2.66. The molecule has 0 aliphatic carbocycles. The van der Waals surface area contributed by atoms with Gasteiger partial charge < -0.3 is 5.32 Å². The summed E-state index contributed by atoms with van der Waals surface area (Å²) in [6.45, 7) is 2.88. The molecule has 0 atom stereocenters. The van der Waals surface area contributed by atoms with Gasteiger partial charge in [0, 0.05) is 11.3 Å². The van der Waals surface area contributed by atoms with Crippen LogP contribution < -0.4 is 10.0 Å². The number of carbonyl (C=O) groups is 2. The quantitative estimate of drug-likeness (QED) is 0.572. The highest BCUT2D eigenvalue weighted by molar-refractivity contribution is 7.92. The minimum atomic E-state index is -4.04.